The number of aryl methyl sites for hydroxylation is 1. The lowest BCUT2D eigenvalue weighted by Crippen LogP contribution is -2.38. The Bertz CT molecular complexity index is 305. The first-order valence-corrected chi connectivity index (χ1v) is 6.59. The molecule has 0 saturated carbocycles. The average molecular weight is 234 g/mol. The molecule has 0 aliphatic heterocycles. The zero-order valence-corrected chi connectivity index (χ0v) is 11.7. The Kier molecular flexibility index (Phi) is 6.23. The van der Waals surface area contributed by atoms with Crippen LogP contribution < -0.4 is 5.32 Å². The van der Waals surface area contributed by atoms with Gasteiger partial charge < -0.3 is 10.2 Å². The minimum absolute atomic E-state index is 0.561. The summed E-state index contributed by atoms with van der Waals surface area (Å²) in [5.74, 6) is 0. The minimum atomic E-state index is 0.561. The first kappa shape index (κ1) is 14.2. The molecule has 2 nitrogen and oxygen atoms in total. The molecule has 0 aliphatic rings. The topological polar surface area (TPSA) is 15.3 Å². The summed E-state index contributed by atoms with van der Waals surface area (Å²) >= 11 is 0. The minimum Gasteiger partial charge on any atom is -0.313 e. The highest BCUT2D eigenvalue weighted by Gasteiger charge is 2.03. The number of hydrogen-bond donors (Lipinski definition) is 1. The largest absolute Gasteiger partial charge is 0.313 e. The van der Waals surface area contributed by atoms with Gasteiger partial charge in [0, 0.05) is 12.6 Å². The molecule has 2 heteroatoms. The van der Waals surface area contributed by atoms with Crippen LogP contribution in [0.15, 0.2) is 24.3 Å². The predicted molar refractivity (Wildman–Crippen MR) is 75.5 cm³/mol. The maximum Gasteiger partial charge on any atom is 0.0166 e. The normalized spacial score (nSPS) is 13.0. The number of hydrogen-bond acceptors (Lipinski definition) is 2. The summed E-state index contributed by atoms with van der Waals surface area (Å²) in [7, 11) is 2.16. The van der Waals surface area contributed by atoms with Crippen LogP contribution >= 0.6 is 0 Å². The van der Waals surface area contributed by atoms with Gasteiger partial charge in [-0.25, -0.2) is 0 Å². The summed E-state index contributed by atoms with van der Waals surface area (Å²) < 4.78 is 0. The maximum atomic E-state index is 3.57. The molecule has 0 radical (unpaired) electrons. The molecule has 0 bridgehead atoms. The van der Waals surface area contributed by atoms with Crippen LogP contribution in [0.2, 0.25) is 0 Å². The molecule has 0 heterocycles. The number of rotatable bonds is 7. The Hall–Kier alpha value is -0.860. The van der Waals surface area contributed by atoms with Gasteiger partial charge in [0.2, 0.25) is 0 Å². The molecule has 1 unspecified atom stereocenters. The molecule has 1 atom stereocenters. The Morgan fingerprint density at radius 2 is 1.88 bits per heavy atom. The highest BCUT2D eigenvalue weighted by Crippen LogP contribution is 2.03. The number of nitrogens with one attached hydrogen (secondary N) is 1. The van der Waals surface area contributed by atoms with Gasteiger partial charge in [-0.2, -0.15) is 0 Å². The molecule has 0 amide bonds. The Balaban J connectivity index is 2.21. The van der Waals surface area contributed by atoms with Crippen LogP contribution in [0.25, 0.3) is 0 Å². The van der Waals surface area contributed by atoms with E-state index in [0.29, 0.717) is 6.04 Å². The van der Waals surface area contributed by atoms with Crippen molar-refractivity contribution in [1.29, 1.82) is 0 Å². The summed E-state index contributed by atoms with van der Waals surface area (Å²) in [4.78, 5) is 2.34. The van der Waals surface area contributed by atoms with E-state index < -0.39 is 0 Å². The fourth-order valence-electron chi connectivity index (χ4n) is 1.88. The van der Waals surface area contributed by atoms with Crippen molar-refractivity contribution in [3.8, 4) is 0 Å². The lowest BCUT2D eigenvalue weighted by atomic mass is 10.1. The standard InChI is InChI=1S/C15H26N2/c1-5-17(4)12-14(3)16-11-10-15-8-6-13(2)7-9-15/h6-9,14,16H,5,10-12H2,1-4H3. The molecule has 1 aromatic rings. The third-order valence-electron chi connectivity index (χ3n) is 3.15. The second kappa shape index (κ2) is 7.46. The van der Waals surface area contributed by atoms with E-state index in [-0.39, 0.29) is 0 Å². The molecule has 1 aromatic carbocycles. The molecule has 0 aliphatic carbocycles. The van der Waals surface area contributed by atoms with Gasteiger partial charge in [-0.3, -0.25) is 0 Å². The highest BCUT2D eigenvalue weighted by atomic mass is 15.1. The van der Waals surface area contributed by atoms with E-state index in [0.717, 1.165) is 26.1 Å². The van der Waals surface area contributed by atoms with Gasteiger partial charge in [0.1, 0.15) is 0 Å². The van der Waals surface area contributed by atoms with Crippen LogP contribution in [0.3, 0.4) is 0 Å². The third-order valence-corrected chi connectivity index (χ3v) is 3.15. The monoisotopic (exact) mass is 234 g/mol. The fraction of sp³-hybridized carbons (Fsp3) is 0.600. The Morgan fingerprint density at radius 1 is 1.24 bits per heavy atom. The summed E-state index contributed by atoms with van der Waals surface area (Å²) in [6.45, 7) is 9.86. The van der Waals surface area contributed by atoms with Gasteiger partial charge >= 0.3 is 0 Å². The molecule has 1 N–H and O–H groups in total. The van der Waals surface area contributed by atoms with Gasteiger partial charge in [0.15, 0.2) is 0 Å². The van der Waals surface area contributed by atoms with Gasteiger partial charge in [-0.15, -0.1) is 0 Å². The number of likely N-dealkylation sites (N-methyl/N-ethyl adjacent to an activating group) is 1. The fourth-order valence-corrected chi connectivity index (χ4v) is 1.88. The summed E-state index contributed by atoms with van der Waals surface area (Å²) in [5, 5.41) is 3.57. The van der Waals surface area contributed by atoms with Crippen molar-refractivity contribution >= 4 is 0 Å². The molecule has 0 spiro atoms. The van der Waals surface area contributed by atoms with Gasteiger partial charge in [0.05, 0.1) is 0 Å². The summed E-state index contributed by atoms with van der Waals surface area (Å²) in [5.41, 5.74) is 2.75. The van der Waals surface area contributed by atoms with Crippen molar-refractivity contribution in [2.24, 2.45) is 0 Å². The van der Waals surface area contributed by atoms with Gasteiger partial charge in [-0.05, 0) is 46.0 Å². The molecule has 17 heavy (non-hydrogen) atoms. The quantitative estimate of drug-likeness (QED) is 0.779. The van der Waals surface area contributed by atoms with E-state index >= 15 is 0 Å². The molecular weight excluding hydrogens is 208 g/mol. The van der Waals surface area contributed by atoms with Crippen molar-refractivity contribution in [3.05, 3.63) is 35.4 Å². The Morgan fingerprint density at radius 3 is 2.47 bits per heavy atom. The lowest BCUT2D eigenvalue weighted by molar-refractivity contribution is 0.311. The molecule has 0 fully saturated rings. The summed E-state index contributed by atoms with van der Waals surface area (Å²) in [6, 6.07) is 9.37. The number of nitrogens with zero attached hydrogens (tertiary/aromatic N) is 1. The van der Waals surface area contributed by atoms with Crippen molar-refractivity contribution in [2.45, 2.75) is 33.2 Å². The smallest absolute Gasteiger partial charge is 0.0166 e. The van der Waals surface area contributed by atoms with E-state index in [2.05, 4.69) is 62.3 Å². The molecule has 0 aromatic heterocycles. The van der Waals surface area contributed by atoms with Gasteiger partial charge in [0.25, 0.3) is 0 Å². The van der Waals surface area contributed by atoms with Gasteiger partial charge in [-0.1, -0.05) is 36.8 Å². The van der Waals surface area contributed by atoms with Crippen molar-refractivity contribution in [1.82, 2.24) is 10.2 Å². The first-order chi connectivity index (χ1) is 8.11. The SMILES string of the molecule is CCN(C)CC(C)NCCc1ccc(C)cc1. The van der Waals surface area contributed by atoms with Crippen LogP contribution in [0.5, 0.6) is 0 Å². The van der Waals surface area contributed by atoms with E-state index in [1.54, 1.807) is 0 Å². The second-order valence-electron chi connectivity index (χ2n) is 4.95. The molecule has 1 rings (SSSR count). The van der Waals surface area contributed by atoms with Crippen LogP contribution in [-0.4, -0.2) is 37.6 Å². The van der Waals surface area contributed by atoms with Crippen LogP contribution in [0, 0.1) is 6.92 Å². The lowest BCUT2D eigenvalue weighted by Gasteiger charge is -2.20. The predicted octanol–water partition coefficient (Wildman–Crippen LogP) is 2.47. The number of benzene rings is 1. The van der Waals surface area contributed by atoms with Crippen LogP contribution in [0.4, 0.5) is 0 Å². The average Bonchev–Trinajstić information content (AvgIpc) is 2.31. The molecule has 0 saturated heterocycles. The zero-order chi connectivity index (χ0) is 12.7. The maximum absolute atomic E-state index is 3.57. The second-order valence-corrected chi connectivity index (χ2v) is 4.95. The van der Waals surface area contributed by atoms with Crippen molar-refractivity contribution in [2.75, 3.05) is 26.7 Å². The third kappa shape index (κ3) is 5.85. The van der Waals surface area contributed by atoms with E-state index in [1.165, 1.54) is 11.1 Å². The molecule has 96 valence electrons. The van der Waals surface area contributed by atoms with Crippen LogP contribution in [-0.2, 0) is 6.42 Å². The van der Waals surface area contributed by atoms with Crippen molar-refractivity contribution < 1.29 is 0 Å². The Labute approximate surface area is 106 Å². The van der Waals surface area contributed by atoms with E-state index in [1.807, 2.05) is 0 Å². The highest BCUT2D eigenvalue weighted by molar-refractivity contribution is 5.21. The first-order valence-electron chi connectivity index (χ1n) is 6.59. The van der Waals surface area contributed by atoms with Crippen LogP contribution in [0.1, 0.15) is 25.0 Å². The van der Waals surface area contributed by atoms with Crippen molar-refractivity contribution in [3.63, 3.8) is 0 Å². The van der Waals surface area contributed by atoms with E-state index in [9.17, 15) is 0 Å². The molecular formula is C15H26N2. The summed E-state index contributed by atoms with van der Waals surface area (Å²) in [6.07, 6.45) is 1.11. The van der Waals surface area contributed by atoms with E-state index in [4.69, 9.17) is 0 Å². The zero-order valence-electron chi connectivity index (χ0n) is 11.7.